The molecule has 0 aromatic rings. The summed E-state index contributed by atoms with van der Waals surface area (Å²) < 4.78 is 0. The minimum Gasteiger partial charge on any atom is -0.481 e. The Morgan fingerprint density at radius 2 is 1.60 bits per heavy atom. The monoisotopic (exact) mass is 216 g/mol. The van der Waals surface area contributed by atoms with Crippen molar-refractivity contribution >= 4 is 11.9 Å². The number of carboxylic acid groups (broad SMARTS) is 2. The standard InChI is InChI=1S/C11H20O4/c1-7(9(12)13)8(10(14)15)5-6-11(2,3)4/h7-8H,5-6H2,1-4H3,(H,12,13)(H,14,15). The van der Waals surface area contributed by atoms with Crippen LogP contribution in [0.1, 0.15) is 40.5 Å². The van der Waals surface area contributed by atoms with Gasteiger partial charge in [-0.25, -0.2) is 0 Å². The van der Waals surface area contributed by atoms with E-state index in [9.17, 15) is 9.59 Å². The molecule has 0 aliphatic carbocycles. The van der Waals surface area contributed by atoms with Crippen molar-refractivity contribution in [3.8, 4) is 0 Å². The van der Waals surface area contributed by atoms with E-state index in [2.05, 4.69) is 0 Å². The number of hydrogen-bond donors (Lipinski definition) is 2. The Bertz CT molecular complexity index is 239. The van der Waals surface area contributed by atoms with E-state index >= 15 is 0 Å². The van der Waals surface area contributed by atoms with Crippen molar-refractivity contribution in [2.24, 2.45) is 17.3 Å². The van der Waals surface area contributed by atoms with E-state index in [4.69, 9.17) is 10.2 Å². The zero-order valence-corrected chi connectivity index (χ0v) is 9.78. The third-order valence-electron chi connectivity index (χ3n) is 2.52. The fourth-order valence-electron chi connectivity index (χ4n) is 1.35. The number of aliphatic carboxylic acids is 2. The molecule has 15 heavy (non-hydrogen) atoms. The topological polar surface area (TPSA) is 74.6 Å². The molecule has 0 heterocycles. The summed E-state index contributed by atoms with van der Waals surface area (Å²) in [4.78, 5) is 21.6. The zero-order chi connectivity index (χ0) is 12.2. The molecule has 0 saturated heterocycles. The van der Waals surface area contributed by atoms with E-state index in [1.165, 1.54) is 6.92 Å². The van der Waals surface area contributed by atoms with Crippen LogP contribution in [0, 0.1) is 17.3 Å². The summed E-state index contributed by atoms with van der Waals surface area (Å²) in [5, 5.41) is 17.7. The first-order valence-electron chi connectivity index (χ1n) is 5.11. The van der Waals surface area contributed by atoms with Crippen LogP contribution in [0.5, 0.6) is 0 Å². The van der Waals surface area contributed by atoms with Gasteiger partial charge >= 0.3 is 11.9 Å². The lowest BCUT2D eigenvalue weighted by Crippen LogP contribution is -2.28. The molecule has 2 unspecified atom stereocenters. The van der Waals surface area contributed by atoms with E-state index in [0.717, 1.165) is 0 Å². The molecule has 4 heteroatoms. The summed E-state index contributed by atoms with van der Waals surface area (Å²) >= 11 is 0. The molecule has 0 bridgehead atoms. The van der Waals surface area contributed by atoms with Crippen molar-refractivity contribution in [2.45, 2.75) is 40.5 Å². The third kappa shape index (κ3) is 5.40. The molecule has 2 atom stereocenters. The molecular weight excluding hydrogens is 196 g/mol. The van der Waals surface area contributed by atoms with Crippen molar-refractivity contribution < 1.29 is 19.8 Å². The average molecular weight is 216 g/mol. The van der Waals surface area contributed by atoms with Gasteiger partial charge in [-0.15, -0.1) is 0 Å². The van der Waals surface area contributed by atoms with Gasteiger partial charge in [0.2, 0.25) is 0 Å². The fourth-order valence-corrected chi connectivity index (χ4v) is 1.35. The van der Waals surface area contributed by atoms with Crippen LogP contribution in [0.2, 0.25) is 0 Å². The minimum absolute atomic E-state index is 0.0337. The maximum absolute atomic E-state index is 10.9. The highest BCUT2D eigenvalue weighted by atomic mass is 16.4. The summed E-state index contributed by atoms with van der Waals surface area (Å²) in [6.45, 7) is 7.48. The van der Waals surface area contributed by atoms with Crippen molar-refractivity contribution in [1.82, 2.24) is 0 Å². The van der Waals surface area contributed by atoms with Crippen LogP contribution in [-0.2, 0) is 9.59 Å². The Morgan fingerprint density at radius 3 is 1.87 bits per heavy atom. The van der Waals surface area contributed by atoms with Crippen molar-refractivity contribution in [1.29, 1.82) is 0 Å². The largest absolute Gasteiger partial charge is 0.481 e. The van der Waals surface area contributed by atoms with Crippen molar-refractivity contribution in [3.05, 3.63) is 0 Å². The van der Waals surface area contributed by atoms with Crippen LogP contribution in [0.4, 0.5) is 0 Å². The van der Waals surface area contributed by atoms with E-state index in [-0.39, 0.29) is 5.41 Å². The maximum atomic E-state index is 10.9. The van der Waals surface area contributed by atoms with Gasteiger partial charge in [0.15, 0.2) is 0 Å². The first-order chi connectivity index (χ1) is 6.65. The predicted octanol–water partition coefficient (Wildman–Crippen LogP) is 2.23. The highest BCUT2D eigenvalue weighted by Crippen LogP contribution is 2.27. The summed E-state index contributed by atoms with van der Waals surface area (Å²) in [5.41, 5.74) is 0.0337. The van der Waals surface area contributed by atoms with E-state index < -0.39 is 23.8 Å². The average Bonchev–Trinajstić information content (AvgIpc) is 2.01. The van der Waals surface area contributed by atoms with Gasteiger partial charge in [0, 0.05) is 0 Å². The zero-order valence-electron chi connectivity index (χ0n) is 9.78. The van der Waals surface area contributed by atoms with Gasteiger partial charge in [0.05, 0.1) is 11.8 Å². The molecule has 0 spiro atoms. The molecular formula is C11H20O4. The number of carbonyl (C=O) groups is 2. The second-order valence-corrected chi connectivity index (χ2v) is 5.17. The van der Waals surface area contributed by atoms with Gasteiger partial charge < -0.3 is 10.2 Å². The van der Waals surface area contributed by atoms with Crippen LogP contribution in [0.3, 0.4) is 0 Å². The second kappa shape index (κ2) is 5.14. The van der Waals surface area contributed by atoms with Crippen LogP contribution in [0.25, 0.3) is 0 Å². The molecule has 0 aliphatic heterocycles. The molecule has 0 rings (SSSR count). The third-order valence-corrected chi connectivity index (χ3v) is 2.52. The van der Waals surface area contributed by atoms with Crippen molar-refractivity contribution in [3.63, 3.8) is 0 Å². The lowest BCUT2D eigenvalue weighted by molar-refractivity contribution is -0.153. The smallest absolute Gasteiger partial charge is 0.307 e. The maximum Gasteiger partial charge on any atom is 0.307 e. The first-order valence-corrected chi connectivity index (χ1v) is 5.11. The summed E-state index contributed by atoms with van der Waals surface area (Å²) in [6, 6.07) is 0. The van der Waals surface area contributed by atoms with Gasteiger partial charge in [-0.1, -0.05) is 27.7 Å². The van der Waals surface area contributed by atoms with Crippen molar-refractivity contribution in [2.75, 3.05) is 0 Å². The summed E-state index contributed by atoms with van der Waals surface area (Å²) in [7, 11) is 0. The Balaban J connectivity index is 4.43. The Hall–Kier alpha value is -1.06. The van der Waals surface area contributed by atoms with E-state index in [1.807, 2.05) is 20.8 Å². The predicted molar refractivity (Wildman–Crippen MR) is 56.6 cm³/mol. The molecule has 0 radical (unpaired) electrons. The molecule has 2 N–H and O–H groups in total. The van der Waals surface area contributed by atoms with E-state index in [1.54, 1.807) is 0 Å². The summed E-state index contributed by atoms with van der Waals surface area (Å²) in [6.07, 6.45) is 1.12. The molecule has 0 amide bonds. The second-order valence-electron chi connectivity index (χ2n) is 5.17. The highest BCUT2D eigenvalue weighted by molar-refractivity contribution is 5.79. The number of hydrogen-bond acceptors (Lipinski definition) is 2. The van der Waals surface area contributed by atoms with Gasteiger partial charge in [-0.2, -0.15) is 0 Å². The number of carboxylic acids is 2. The lowest BCUT2D eigenvalue weighted by atomic mass is 9.82. The van der Waals surface area contributed by atoms with Gasteiger partial charge in [0.1, 0.15) is 0 Å². The summed E-state index contributed by atoms with van der Waals surface area (Å²) in [5.74, 6) is -3.68. The Kier molecular flexibility index (Phi) is 4.78. The van der Waals surface area contributed by atoms with E-state index in [0.29, 0.717) is 12.8 Å². The minimum atomic E-state index is -1.05. The van der Waals surface area contributed by atoms with Crippen LogP contribution < -0.4 is 0 Å². The lowest BCUT2D eigenvalue weighted by Gasteiger charge is -2.22. The molecule has 0 fully saturated rings. The Morgan fingerprint density at radius 1 is 1.13 bits per heavy atom. The normalized spacial score (nSPS) is 15.7. The first kappa shape index (κ1) is 13.9. The molecule has 0 saturated carbocycles. The SMILES string of the molecule is CC(C(=O)O)C(CCC(C)(C)C)C(=O)O. The molecule has 88 valence electrons. The van der Waals surface area contributed by atoms with Crippen LogP contribution >= 0.6 is 0 Å². The van der Waals surface area contributed by atoms with Gasteiger partial charge in [-0.3, -0.25) is 9.59 Å². The molecule has 0 aromatic heterocycles. The molecule has 0 aromatic carbocycles. The Labute approximate surface area is 90.3 Å². The van der Waals surface area contributed by atoms with Gasteiger partial charge in [0.25, 0.3) is 0 Å². The highest BCUT2D eigenvalue weighted by Gasteiger charge is 2.30. The molecule has 4 nitrogen and oxygen atoms in total. The van der Waals surface area contributed by atoms with Crippen LogP contribution in [-0.4, -0.2) is 22.2 Å². The quantitative estimate of drug-likeness (QED) is 0.739. The van der Waals surface area contributed by atoms with Gasteiger partial charge in [-0.05, 0) is 18.3 Å². The van der Waals surface area contributed by atoms with Crippen LogP contribution in [0.15, 0.2) is 0 Å². The molecule has 0 aliphatic rings. The number of rotatable bonds is 5. The fraction of sp³-hybridized carbons (Fsp3) is 0.818.